The molecule has 3 rings (SSSR count). The van der Waals surface area contributed by atoms with Crippen LogP contribution in [0.3, 0.4) is 0 Å². The third-order valence-electron chi connectivity index (χ3n) is 5.27. The summed E-state index contributed by atoms with van der Waals surface area (Å²) in [5.74, 6) is 0.790. The molecule has 1 fully saturated rings. The zero-order chi connectivity index (χ0) is 22.1. The molecule has 1 aliphatic heterocycles. The Morgan fingerprint density at radius 3 is 2.55 bits per heavy atom. The zero-order valence-electron chi connectivity index (χ0n) is 17.8. The second kappa shape index (κ2) is 12.4. The van der Waals surface area contributed by atoms with E-state index in [4.69, 9.17) is 30.5 Å². The van der Waals surface area contributed by atoms with Gasteiger partial charge in [-0.15, -0.1) is 0 Å². The maximum absolute atomic E-state index is 10.1. The average molecular weight is 451 g/mol. The monoisotopic (exact) mass is 450 g/mol. The van der Waals surface area contributed by atoms with Crippen LogP contribution in [0.25, 0.3) is 0 Å². The molecule has 3 atom stereocenters. The Balaban J connectivity index is 1.57. The smallest absolute Gasteiger partial charge is 0.119 e. The van der Waals surface area contributed by atoms with Crippen LogP contribution >= 0.6 is 11.6 Å². The van der Waals surface area contributed by atoms with Crippen molar-refractivity contribution in [1.29, 1.82) is 0 Å². The highest BCUT2D eigenvalue weighted by atomic mass is 35.5. The fraction of sp³-hybridized carbons (Fsp3) is 0.500. The molecule has 0 saturated carbocycles. The molecule has 3 unspecified atom stereocenters. The summed E-state index contributed by atoms with van der Waals surface area (Å²) >= 11 is 6.44. The number of ether oxygens (including phenoxy) is 4. The minimum Gasteiger partial charge on any atom is -0.491 e. The fourth-order valence-electron chi connectivity index (χ4n) is 3.64. The lowest BCUT2D eigenvalue weighted by molar-refractivity contribution is -0.113. The summed E-state index contributed by atoms with van der Waals surface area (Å²) in [5, 5.41) is 20.2. The molecular weight excluding hydrogens is 420 g/mol. The van der Waals surface area contributed by atoms with Crippen molar-refractivity contribution in [3.8, 4) is 5.75 Å². The third-order valence-corrected chi connectivity index (χ3v) is 5.64. The van der Waals surface area contributed by atoms with Gasteiger partial charge in [-0.05, 0) is 41.3 Å². The number of aliphatic hydroxyl groups excluding tert-OH is 2. The highest BCUT2D eigenvalue weighted by molar-refractivity contribution is 6.31. The van der Waals surface area contributed by atoms with Gasteiger partial charge in [0.1, 0.15) is 12.4 Å². The van der Waals surface area contributed by atoms with Gasteiger partial charge in [-0.3, -0.25) is 0 Å². The van der Waals surface area contributed by atoms with Gasteiger partial charge in [-0.25, -0.2) is 0 Å². The fourth-order valence-corrected chi connectivity index (χ4v) is 3.82. The highest BCUT2D eigenvalue weighted by Gasteiger charge is 2.29. The first-order valence-corrected chi connectivity index (χ1v) is 11.0. The van der Waals surface area contributed by atoms with Gasteiger partial charge >= 0.3 is 0 Å². The summed E-state index contributed by atoms with van der Waals surface area (Å²) in [4.78, 5) is 0. The summed E-state index contributed by atoms with van der Waals surface area (Å²) in [6.07, 6.45) is 0.573. The van der Waals surface area contributed by atoms with Gasteiger partial charge in [0.15, 0.2) is 0 Å². The van der Waals surface area contributed by atoms with Gasteiger partial charge in [0, 0.05) is 25.0 Å². The molecule has 7 heteroatoms. The molecule has 31 heavy (non-hydrogen) atoms. The van der Waals surface area contributed by atoms with E-state index in [0.717, 1.165) is 22.4 Å². The minimum atomic E-state index is -0.479. The number of hydrogen-bond donors (Lipinski definition) is 2. The van der Waals surface area contributed by atoms with Crippen LogP contribution in [0.15, 0.2) is 42.5 Å². The predicted octanol–water partition coefficient (Wildman–Crippen LogP) is 3.55. The van der Waals surface area contributed by atoms with E-state index in [1.165, 1.54) is 0 Å². The van der Waals surface area contributed by atoms with Crippen molar-refractivity contribution in [2.75, 3.05) is 40.1 Å². The van der Waals surface area contributed by atoms with Crippen molar-refractivity contribution in [2.45, 2.75) is 37.6 Å². The molecule has 1 saturated heterocycles. The van der Waals surface area contributed by atoms with Crippen LogP contribution in [0.2, 0.25) is 5.02 Å². The Morgan fingerprint density at radius 2 is 1.81 bits per heavy atom. The van der Waals surface area contributed by atoms with Crippen LogP contribution in [0.4, 0.5) is 0 Å². The van der Waals surface area contributed by atoms with Crippen LogP contribution in [0.1, 0.15) is 35.6 Å². The zero-order valence-corrected chi connectivity index (χ0v) is 18.6. The molecule has 1 aliphatic rings. The minimum absolute atomic E-state index is 0.0955. The average Bonchev–Trinajstić information content (AvgIpc) is 2.78. The van der Waals surface area contributed by atoms with Crippen LogP contribution in [-0.2, 0) is 20.6 Å². The van der Waals surface area contributed by atoms with Crippen molar-refractivity contribution in [1.82, 2.24) is 0 Å². The van der Waals surface area contributed by atoms with E-state index in [1.54, 1.807) is 7.11 Å². The van der Waals surface area contributed by atoms with Crippen LogP contribution in [-0.4, -0.2) is 62.6 Å². The predicted molar refractivity (Wildman–Crippen MR) is 119 cm³/mol. The summed E-state index contributed by atoms with van der Waals surface area (Å²) in [5.41, 5.74) is 3.06. The first-order chi connectivity index (χ1) is 15.1. The summed E-state index contributed by atoms with van der Waals surface area (Å²) < 4.78 is 21.9. The van der Waals surface area contributed by atoms with E-state index in [-0.39, 0.29) is 18.8 Å². The normalized spacial score (nSPS) is 21.2. The number of rotatable bonds is 11. The molecule has 0 bridgehead atoms. The standard InChI is InChI=1S/C24H31ClO6/c1-28-8-9-29-10-11-30-21-5-2-17(3-6-21)12-19-13-18(4-7-23(19)25)24-15-20(27)14-22(16-26)31-24/h2-7,13,20,22,24,26-27H,8-12,14-16H2,1H3. The van der Waals surface area contributed by atoms with Crippen molar-refractivity contribution < 1.29 is 29.2 Å². The van der Waals surface area contributed by atoms with E-state index in [1.807, 2.05) is 42.5 Å². The first-order valence-electron chi connectivity index (χ1n) is 10.6. The quantitative estimate of drug-likeness (QED) is 0.510. The van der Waals surface area contributed by atoms with Gasteiger partial charge in [0.25, 0.3) is 0 Å². The molecule has 170 valence electrons. The molecule has 2 aromatic rings. The molecule has 2 N–H and O–H groups in total. The Morgan fingerprint density at radius 1 is 1.03 bits per heavy atom. The second-order valence-corrected chi connectivity index (χ2v) is 8.09. The van der Waals surface area contributed by atoms with E-state index in [2.05, 4.69) is 0 Å². The second-order valence-electron chi connectivity index (χ2n) is 7.68. The van der Waals surface area contributed by atoms with E-state index in [9.17, 15) is 10.2 Å². The molecule has 0 spiro atoms. The Labute approximate surface area is 188 Å². The van der Waals surface area contributed by atoms with E-state index in [0.29, 0.717) is 50.7 Å². The summed E-state index contributed by atoms with van der Waals surface area (Å²) in [7, 11) is 1.64. The molecule has 0 aromatic heterocycles. The van der Waals surface area contributed by atoms with Crippen LogP contribution in [0.5, 0.6) is 5.75 Å². The molecule has 0 radical (unpaired) electrons. The number of hydrogen-bond acceptors (Lipinski definition) is 6. The van der Waals surface area contributed by atoms with Gasteiger partial charge in [0.05, 0.1) is 44.7 Å². The van der Waals surface area contributed by atoms with Crippen molar-refractivity contribution in [3.63, 3.8) is 0 Å². The lowest BCUT2D eigenvalue weighted by Crippen LogP contribution is -2.33. The Kier molecular flexibility index (Phi) is 9.58. The van der Waals surface area contributed by atoms with Crippen LogP contribution < -0.4 is 4.74 Å². The van der Waals surface area contributed by atoms with Crippen molar-refractivity contribution in [3.05, 3.63) is 64.2 Å². The van der Waals surface area contributed by atoms with Gasteiger partial charge in [-0.2, -0.15) is 0 Å². The largest absolute Gasteiger partial charge is 0.491 e. The Bertz CT molecular complexity index is 797. The molecule has 0 aliphatic carbocycles. The molecule has 6 nitrogen and oxygen atoms in total. The topological polar surface area (TPSA) is 77.4 Å². The van der Waals surface area contributed by atoms with Crippen LogP contribution in [0, 0.1) is 0 Å². The highest BCUT2D eigenvalue weighted by Crippen LogP contribution is 2.33. The van der Waals surface area contributed by atoms with E-state index < -0.39 is 6.10 Å². The lowest BCUT2D eigenvalue weighted by Gasteiger charge is -2.32. The van der Waals surface area contributed by atoms with Gasteiger partial charge in [0.2, 0.25) is 0 Å². The number of methoxy groups -OCH3 is 1. The molecule has 1 heterocycles. The number of aliphatic hydroxyl groups is 2. The SMILES string of the molecule is COCCOCCOc1ccc(Cc2cc(C3CC(O)CC(CO)O3)ccc2Cl)cc1. The maximum Gasteiger partial charge on any atom is 0.119 e. The molecule has 0 amide bonds. The van der Waals surface area contributed by atoms with E-state index >= 15 is 0 Å². The summed E-state index contributed by atoms with van der Waals surface area (Å²) in [6.45, 7) is 2.04. The first kappa shape index (κ1) is 24.0. The molecular formula is C24H31ClO6. The number of halogens is 1. The lowest BCUT2D eigenvalue weighted by atomic mass is 9.94. The molecule has 2 aromatic carbocycles. The van der Waals surface area contributed by atoms with Gasteiger partial charge < -0.3 is 29.2 Å². The summed E-state index contributed by atoms with van der Waals surface area (Å²) in [6, 6.07) is 13.7. The van der Waals surface area contributed by atoms with Crippen molar-refractivity contribution in [2.24, 2.45) is 0 Å². The van der Waals surface area contributed by atoms with Crippen molar-refractivity contribution >= 4 is 11.6 Å². The number of benzene rings is 2. The van der Waals surface area contributed by atoms with Gasteiger partial charge in [-0.1, -0.05) is 35.9 Å². The third kappa shape index (κ3) is 7.45. The Hall–Kier alpha value is -1.67. The maximum atomic E-state index is 10.1.